The van der Waals surface area contributed by atoms with Gasteiger partial charge < -0.3 is 14.8 Å². The van der Waals surface area contributed by atoms with Crippen LogP contribution in [0.25, 0.3) is 11.0 Å². The zero-order valence-corrected chi connectivity index (χ0v) is 15.7. The van der Waals surface area contributed by atoms with Gasteiger partial charge in [-0.1, -0.05) is 12.1 Å². The second-order valence-corrected chi connectivity index (χ2v) is 7.16. The van der Waals surface area contributed by atoms with Gasteiger partial charge in [0.25, 0.3) is 5.91 Å². The van der Waals surface area contributed by atoms with Crippen LogP contribution in [0.2, 0.25) is 0 Å². The Morgan fingerprint density at radius 1 is 1.24 bits per heavy atom. The lowest BCUT2D eigenvalue weighted by atomic mass is 10.1. The third-order valence-corrected chi connectivity index (χ3v) is 5.17. The summed E-state index contributed by atoms with van der Waals surface area (Å²) in [6.45, 7) is 3.24. The van der Waals surface area contributed by atoms with Crippen molar-refractivity contribution in [2.24, 2.45) is 0 Å². The average molecular weight is 406 g/mol. The van der Waals surface area contributed by atoms with E-state index >= 15 is 0 Å². The van der Waals surface area contributed by atoms with Crippen molar-refractivity contribution < 1.29 is 18.0 Å². The molecule has 154 valence electrons. The van der Waals surface area contributed by atoms with Crippen molar-refractivity contribution in [3.05, 3.63) is 47.5 Å². The number of carbonyl (C=O) groups excluding carboxylic acids is 1. The SMILES string of the molecule is O=C(c1cc(C(F)(F)F)[nH]n1)N(CCN1CCCC1)Cc1cccc2[nH]cnc12. The first-order chi connectivity index (χ1) is 13.9. The lowest BCUT2D eigenvalue weighted by Gasteiger charge is -2.25. The fourth-order valence-electron chi connectivity index (χ4n) is 3.62. The molecule has 7 nitrogen and oxygen atoms in total. The number of nitrogens with zero attached hydrogens (tertiary/aromatic N) is 4. The number of benzene rings is 1. The van der Waals surface area contributed by atoms with Crippen molar-refractivity contribution in [2.45, 2.75) is 25.6 Å². The molecule has 1 aliphatic heterocycles. The molecule has 3 aromatic rings. The Hall–Kier alpha value is -2.88. The molecule has 0 radical (unpaired) electrons. The number of carbonyl (C=O) groups is 1. The van der Waals surface area contributed by atoms with E-state index in [-0.39, 0.29) is 12.2 Å². The number of hydrogen-bond acceptors (Lipinski definition) is 4. The summed E-state index contributed by atoms with van der Waals surface area (Å²) in [7, 11) is 0. The predicted molar refractivity (Wildman–Crippen MR) is 100 cm³/mol. The molecule has 2 N–H and O–H groups in total. The Balaban J connectivity index is 1.57. The molecule has 2 aromatic heterocycles. The van der Waals surface area contributed by atoms with E-state index in [1.807, 2.05) is 23.3 Å². The normalized spacial score (nSPS) is 15.3. The van der Waals surface area contributed by atoms with Crippen LogP contribution < -0.4 is 0 Å². The number of aromatic nitrogens is 4. The number of fused-ring (bicyclic) bond motifs is 1. The monoisotopic (exact) mass is 406 g/mol. The van der Waals surface area contributed by atoms with Gasteiger partial charge in [-0.25, -0.2) is 4.98 Å². The number of likely N-dealkylation sites (tertiary alicyclic amines) is 1. The number of rotatable bonds is 6. The Bertz CT molecular complexity index is 989. The van der Waals surface area contributed by atoms with Crippen molar-refractivity contribution in [1.82, 2.24) is 30.0 Å². The Labute approximate surface area is 164 Å². The molecule has 10 heteroatoms. The highest BCUT2D eigenvalue weighted by molar-refractivity contribution is 5.92. The van der Waals surface area contributed by atoms with Gasteiger partial charge in [0.1, 0.15) is 5.69 Å². The molecule has 1 aliphatic rings. The molecule has 0 saturated carbocycles. The second kappa shape index (κ2) is 7.86. The summed E-state index contributed by atoms with van der Waals surface area (Å²) in [5, 5.41) is 5.52. The highest BCUT2D eigenvalue weighted by Gasteiger charge is 2.34. The minimum Gasteiger partial charge on any atom is -0.345 e. The van der Waals surface area contributed by atoms with E-state index in [4.69, 9.17) is 0 Å². The van der Waals surface area contributed by atoms with Crippen LogP contribution >= 0.6 is 0 Å². The van der Waals surface area contributed by atoms with Gasteiger partial charge in [0.05, 0.1) is 17.4 Å². The van der Waals surface area contributed by atoms with Crippen LogP contribution in [0.15, 0.2) is 30.6 Å². The molecule has 3 heterocycles. The number of H-pyrrole nitrogens is 2. The van der Waals surface area contributed by atoms with Crippen LogP contribution in [0.3, 0.4) is 0 Å². The maximum atomic E-state index is 13.0. The molecule has 1 saturated heterocycles. The second-order valence-electron chi connectivity index (χ2n) is 7.16. The van der Waals surface area contributed by atoms with Crippen LogP contribution in [-0.2, 0) is 12.7 Å². The number of halogens is 3. The van der Waals surface area contributed by atoms with Crippen molar-refractivity contribution >= 4 is 16.9 Å². The van der Waals surface area contributed by atoms with E-state index < -0.39 is 17.8 Å². The summed E-state index contributed by atoms with van der Waals surface area (Å²) in [4.78, 5) is 24.1. The molecule has 0 spiro atoms. The van der Waals surface area contributed by atoms with E-state index in [1.54, 1.807) is 6.33 Å². The number of alkyl halides is 3. The van der Waals surface area contributed by atoms with Gasteiger partial charge in [-0.15, -0.1) is 0 Å². The van der Waals surface area contributed by atoms with Gasteiger partial charge >= 0.3 is 6.18 Å². The van der Waals surface area contributed by atoms with E-state index in [2.05, 4.69) is 20.0 Å². The van der Waals surface area contributed by atoms with Crippen molar-refractivity contribution in [1.29, 1.82) is 0 Å². The number of amides is 1. The molecule has 0 atom stereocenters. The Morgan fingerprint density at radius 3 is 2.76 bits per heavy atom. The highest BCUT2D eigenvalue weighted by Crippen LogP contribution is 2.28. The topological polar surface area (TPSA) is 80.9 Å². The summed E-state index contributed by atoms with van der Waals surface area (Å²) in [6, 6.07) is 6.37. The van der Waals surface area contributed by atoms with Gasteiger partial charge in [0, 0.05) is 25.7 Å². The van der Waals surface area contributed by atoms with Gasteiger partial charge in [-0.2, -0.15) is 18.3 Å². The predicted octanol–water partition coefficient (Wildman–Crippen LogP) is 3.04. The minimum atomic E-state index is -4.58. The van der Waals surface area contributed by atoms with Crippen LogP contribution in [0.4, 0.5) is 13.2 Å². The van der Waals surface area contributed by atoms with Gasteiger partial charge in [-0.05, 0) is 37.6 Å². The third kappa shape index (κ3) is 4.26. The summed E-state index contributed by atoms with van der Waals surface area (Å²) >= 11 is 0. The first kappa shape index (κ1) is 19.4. The lowest BCUT2D eigenvalue weighted by molar-refractivity contribution is -0.141. The maximum absolute atomic E-state index is 13.0. The molecule has 1 fully saturated rings. The summed E-state index contributed by atoms with van der Waals surface area (Å²) in [6.07, 6.45) is -0.760. The van der Waals surface area contributed by atoms with Crippen LogP contribution in [0.1, 0.15) is 34.6 Å². The third-order valence-electron chi connectivity index (χ3n) is 5.17. The minimum absolute atomic E-state index is 0.239. The fourth-order valence-corrected chi connectivity index (χ4v) is 3.62. The number of para-hydroxylation sites is 1. The van der Waals surface area contributed by atoms with Crippen molar-refractivity contribution in [2.75, 3.05) is 26.2 Å². The molecule has 1 amide bonds. The van der Waals surface area contributed by atoms with Crippen LogP contribution in [0.5, 0.6) is 0 Å². The molecular weight excluding hydrogens is 385 g/mol. The fraction of sp³-hybridized carbons (Fsp3) is 0.421. The first-order valence-corrected chi connectivity index (χ1v) is 9.47. The molecule has 29 heavy (non-hydrogen) atoms. The highest BCUT2D eigenvalue weighted by atomic mass is 19.4. The van der Waals surface area contributed by atoms with Crippen molar-refractivity contribution in [3.8, 4) is 0 Å². The number of imidazole rings is 1. The smallest absolute Gasteiger partial charge is 0.345 e. The molecule has 4 rings (SSSR count). The molecule has 0 aliphatic carbocycles. The van der Waals surface area contributed by atoms with E-state index in [0.717, 1.165) is 48.6 Å². The van der Waals surface area contributed by atoms with Gasteiger partial charge in [0.2, 0.25) is 0 Å². The molecular formula is C19H21F3N6O. The van der Waals surface area contributed by atoms with Crippen LogP contribution in [-0.4, -0.2) is 62.1 Å². The largest absolute Gasteiger partial charge is 0.432 e. The summed E-state index contributed by atoms with van der Waals surface area (Å²) < 4.78 is 38.7. The number of aromatic amines is 2. The average Bonchev–Trinajstić information content (AvgIpc) is 3.45. The Morgan fingerprint density at radius 2 is 2.03 bits per heavy atom. The molecule has 1 aromatic carbocycles. The van der Waals surface area contributed by atoms with Crippen molar-refractivity contribution in [3.63, 3.8) is 0 Å². The van der Waals surface area contributed by atoms with Gasteiger partial charge in [-0.3, -0.25) is 9.89 Å². The lowest BCUT2D eigenvalue weighted by Crippen LogP contribution is -2.37. The quantitative estimate of drug-likeness (QED) is 0.659. The van der Waals surface area contributed by atoms with Crippen LogP contribution in [0, 0.1) is 0 Å². The van der Waals surface area contributed by atoms with E-state index in [1.165, 1.54) is 4.90 Å². The standard InChI is InChI=1S/C19H21F3N6O/c20-19(21,22)16-10-15(25-26-16)18(29)28(9-8-27-6-1-2-7-27)11-13-4-3-5-14-17(13)24-12-23-14/h3-5,10,12H,1-2,6-9,11H2,(H,23,24)(H,25,26). The summed E-state index contributed by atoms with van der Waals surface area (Å²) in [5.74, 6) is -0.538. The number of nitrogens with one attached hydrogen (secondary N) is 2. The maximum Gasteiger partial charge on any atom is 0.432 e. The summed E-state index contributed by atoms with van der Waals surface area (Å²) in [5.41, 5.74) is 1.13. The molecule has 0 bridgehead atoms. The Kier molecular flexibility index (Phi) is 5.27. The number of hydrogen-bond donors (Lipinski definition) is 2. The van der Waals surface area contributed by atoms with E-state index in [9.17, 15) is 18.0 Å². The van der Waals surface area contributed by atoms with Gasteiger partial charge in [0.15, 0.2) is 5.69 Å². The zero-order valence-electron chi connectivity index (χ0n) is 15.7. The molecule has 0 unspecified atom stereocenters. The first-order valence-electron chi connectivity index (χ1n) is 9.47. The zero-order chi connectivity index (χ0) is 20.4. The van der Waals surface area contributed by atoms with E-state index in [0.29, 0.717) is 13.1 Å².